The third-order valence-electron chi connectivity index (χ3n) is 20.0. The third-order valence-corrected chi connectivity index (χ3v) is 24.3. The zero-order valence-electron chi connectivity index (χ0n) is 51.6. The predicted molar refractivity (Wildman–Crippen MR) is 350 cm³/mol. The second-order valence-electron chi connectivity index (χ2n) is 26.6. The summed E-state index contributed by atoms with van der Waals surface area (Å²) in [4.78, 5) is 78.6. The zero-order chi connectivity index (χ0) is 65.3. The molecule has 1 aliphatic carbocycles. The number of amides is 5. The molecule has 3 N–H and O–H groups in total. The minimum atomic E-state index is -6.14. The van der Waals surface area contributed by atoms with E-state index in [9.17, 15) is 54.0 Å². The summed E-state index contributed by atoms with van der Waals surface area (Å²) < 4.78 is 100. The molecule has 492 valence electrons. The summed E-state index contributed by atoms with van der Waals surface area (Å²) in [6.07, 6.45) is 4.62. The van der Waals surface area contributed by atoms with Crippen molar-refractivity contribution >= 4 is 95.4 Å². The fourth-order valence-corrected chi connectivity index (χ4v) is 17.8. The molecule has 7 heterocycles. The Hall–Kier alpha value is -6.84. The molecule has 0 saturated carbocycles. The van der Waals surface area contributed by atoms with Crippen LogP contribution in [0.1, 0.15) is 95.4 Å². The highest BCUT2D eigenvalue weighted by Crippen LogP contribution is 2.44. The van der Waals surface area contributed by atoms with Crippen molar-refractivity contribution in [2.24, 2.45) is 5.41 Å². The maximum Gasteiger partial charge on any atom is 0.501 e. The van der Waals surface area contributed by atoms with Crippen LogP contribution < -0.4 is 25.2 Å². The molecule has 19 nitrogen and oxygen atoms in total. The SMILES string of the molecule is CC1(C)CCC(c2ccc(Cl)cc2)=C(CN2CCN(c3ccc(C(=O)NS(=O)(=O)c4ccc(N[C@H](CCN5CC6CC5CN6C5CN(C6CN(c7ccc8c(c7)C(=O)N(C7CCC(=O)NC7=O)C8=O)C6)C5)CSc5ccccc5)c(S(=O)(=O)C(F)(F)F)c4)cc3)CC2)C1. The van der Waals surface area contributed by atoms with E-state index in [0.717, 1.165) is 131 Å². The quantitative estimate of drug-likeness (QED) is 0.0495. The molecule has 6 saturated heterocycles. The standard InChI is InChI=1S/C67H74ClF3N10O9S3/c1-66(2)24-22-55(42-8-12-45(68)13-9-42)44(33-66)34-75-26-28-76(29-27-75)47-14-10-43(11-15-47)62(83)74-93(89,90)54-17-19-58(60(32-54)92(87,88)67(69,70)71)72-46(41-91-53-6-4-3-5-7-53)23-25-77-35-50-30-49(77)40-80(50)52-38-79(39-52)51-36-78(37-51)48-16-18-56-57(31-48)65(86)81(64(56)85)59-20-21-61(82)73-63(59)84/h3-19,31-32,46,49-52,59,72H,20-30,33-41H2,1-2H3,(H,74,83)(H,73,82,84)/t46-,49?,50?,59?/m1/s1. The van der Waals surface area contributed by atoms with Crippen molar-refractivity contribution in [2.45, 2.75) is 115 Å². The van der Waals surface area contributed by atoms with Crippen molar-refractivity contribution in [3.8, 4) is 0 Å². The number of hydrogen-bond acceptors (Lipinski definition) is 17. The molecule has 13 rings (SSSR count). The number of fused-ring (bicyclic) bond motifs is 3. The number of imide groups is 2. The van der Waals surface area contributed by atoms with Crippen LogP contribution in [0.3, 0.4) is 0 Å². The van der Waals surface area contributed by atoms with Gasteiger partial charge in [0.2, 0.25) is 11.8 Å². The number of likely N-dealkylation sites (tertiary alicyclic amines) is 3. The molecular weight excluding hydrogens is 1280 g/mol. The molecule has 4 atom stereocenters. The van der Waals surface area contributed by atoms with Crippen LogP contribution in [0.2, 0.25) is 5.02 Å². The number of nitrogens with zero attached hydrogens (tertiary/aromatic N) is 7. The Morgan fingerprint density at radius 3 is 2.15 bits per heavy atom. The van der Waals surface area contributed by atoms with E-state index in [1.807, 2.05) is 53.3 Å². The maximum atomic E-state index is 14.6. The molecule has 6 fully saturated rings. The summed E-state index contributed by atoms with van der Waals surface area (Å²) in [5, 5.41) is 6.03. The van der Waals surface area contributed by atoms with Crippen molar-refractivity contribution in [1.82, 2.24) is 34.5 Å². The van der Waals surface area contributed by atoms with E-state index in [1.54, 1.807) is 24.3 Å². The van der Waals surface area contributed by atoms with Gasteiger partial charge in [0.15, 0.2) is 0 Å². The van der Waals surface area contributed by atoms with Crippen LogP contribution in [-0.2, 0) is 29.4 Å². The van der Waals surface area contributed by atoms with Crippen LogP contribution in [0.15, 0.2) is 136 Å². The molecule has 3 unspecified atom stereocenters. The maximum absolute atomic E-state index is 14.6. The Kier molecular flexibility index (Phi) is 17.9. The third kappa shape index (κ3) is 13.5. The lowest BCUT2D eigenvalue weighted by molar-refractivity contribution is -0.136. The largest absolute Gasteiger partial charge is 0.501 e. The monoisotopic (exact) mass is 1350 g/mol. The van der Waals surface area contributed by atoms with E-state index in [2.05, 4.69) is 66.0 Å². The molecule has 93 heavy (non-hydrogen) atoms. The first-order valence-corrected chi connectivity index (χ1v) is 36.0. The van der Waals surface area contributed by atoms with Crippen LogP contribution in [-0.4, -0.2) is 197 Å². The van der Waals surface area contributed by atoms with Gasteiger partial charge in [0.1, 0.15) is 10.9 Å². The minimum Gasteiger partial charge on any atom is -0.380 e. The number of nitrogens with one attached hydrogen (secondary N) is 3. The Morgan fingerprint density at radius 2 is 1.46 bits per heavy atom. The van der Waals surface area contributed by atoms with Gasteiger partial charge in [0.25, 0.3) is 37.6 Å². The molecule has 0 spiro atoms. The number of benzene rings is 5. The van der Waals surface area contributed by atoms with Gasteiger partial charge in [0, 0.05) is 148 Å². The number of carbonyl (C=O) groups excluding carboxylic acids is 5. The molecule has 5 aromatic rings. The van der Waals surface area contributed by atoms with Crippen molar-refractivity contribution in [2.75, 3.05) is 99.4 Å². The number of allylic oxidation sites excluding steroid dienone is 1. The Balaban J connectivity index is 0.612. The molecule has 5 amide bonds. The average Bonchev–Trinajstić information content (AvgIpc) is 1.67. The number of piperidine rings is 1. The number of rotatable bonds is 20. The van der Waals surface area contributed by atoms with Gasteiger partial charge in [-0.3, -0.25) is 53.8 Å². The first kappa shape index (κ1) is 64.8. The number of halogens is 4. The van der Waals surface area contributed by atoms with E-state index < -0.39 is 82.5 Å². The second-order valence-corrected chi connectivity index (χ2v) is 31.7. The Bertz CT molecular complexity index is 4010. The van der Waals surface area contributed by atoms with Gasteiger partial charge >= 0.3 is 5.51 Å². The Labute approximate surface area is 549 Å². The molecule has 8 aliphatic rings. The van der Waals surface area contributed by atoms with Crippen molar-refractivity contribution < 1.29 is 54.0 Å². The summed E-state index contributed by atoms with van der Waals surface area (Å²) >= 11 is 7.68. The minimum absolute atomic E-state index is 0.0190. The number of alkyl halides is 3. The molecule has 5 aromatic carbocycles. The lowest BCUT2D eigenvalue weighted by Crippen LogP contribution is -2.71. The summed E-state index contributed by atoms with van der Waals surface area (Å²) in [5.41, 5.74) is 0.136. The molecule has 7 aliphatic heterocycles. The summed E-state index contributed by atoms with van der Waals surface area (Å²) in [6, 6.07) is 31.2. The van der Waals surface area contributed by atoms with Crippen molar-refractivity contribution in [3.63, 3.8) is 0 Å². The number of piperazine rings is 2. The number of carbonyl (C=O) groups is 5. The lowest BCUT2D eigenvalue weighted by atomic mass is 9.73. The van der Waals surface area contributed by atoms with Crippen LogP contribution in [0.5, 0.6) is 0 Å². The molecule has 2 bridgehead atoms. The highest BCUT2D eigenvalue weighted by molar-refractivity contribution is 7.99. The van der Waals surface area contributed by atoms with Gasteiger partial charge in [-0.1, -0.05) is 61.4 Å². The number of sulfonamides is 1. The van der Waals surface area contributed by atoms with E-state index in [-0.39, 0.29) is 41.0 Å². The number of thioether (sulfide) groups is 1. The number of anilines is 3. The van der Waals surface area contributed by atoms with Gasteiger partial charge in [-0.25, -0.2) is 21.6 Å². The lowest BCUT2D eigenvalue weighted by Gasteiger charge is -2.55. The molecule has 0 aromatic heterocycles. The topological polar surface area (TPSA) is 212 Å². The summed E-state index contributed by atoms with van der Waals surface area (Å²) in [6.45, 7) is 14.0. The van der Waals surface area contributed by atoms with Gasteiger partial charge in [0.05, 0.1) is 21.7 Å². The van der Waals surface area contributed by atoms with Crippen molar-refractivity contribution in [3.05, 3.63) is 148 Å². The van der Waals surface area contributed by atoms with E-state index >= 15 is 0 Å². The fraction of sp³-hybridized carbons (Fsp3) is 0.448. The van der Waals surface area contributed by atoms with Gasteiger partial charge in [-0.2, -0.15) is 13.2 Å². The first-order chi connectivity index (χ1) is 44.3. The normalized spacial score (nSPS) is 23.1. The number of hydrogen-bond donors (Lipinski definition) is 3. The van der Waals surface area contributed by atoms with Gasteiger partial charge < -0.3 is 15.1 Å². The first-order valence-electron chi connectivity index (χ1n) is 31.7. The Morgan fingerprint density at radius 1 is 0.753 bits per heavy atom. The predicted octanol–water partition coefficient (Wildman–Crippen LogP) is 8.23. The van der Waals surface area contributed by atoms with E-state index in [1.165, 1.54) is 40.6 Å². The smallest absolute Gasteiger partial charge is 0.380 e. The molecule has 0 radical (unpaired) electrons. The highest BCUT2D eigenvalue weighted by Gasteiger charge is 2.52. The molecular formula is C67H74ClF3N10O9S3. The second kappa shape index (κ2) is 25.7. The van der Waals surface area contributed by atoms with E-state index in [4.69, 9.17) is 11.6 Å². The van der Waals surface area contributed by atoms with Crippen molar-refractivity contribution in [1.29, 1.82) is 0 Å². The van der Waals surface area contributed by atoms with Gasteiger partial charge in [-0.05, 0) is 140 Å². The van der Waals surface area contributed by atoms with Crippen LogP contribution >= 0.6 is 23.4 Å². The van der Waals surface area contributed by atoms with Crippen LogP contribution in [0, 0.1) is 5.41 Å². The average molecular weight is 1350 g/mol. The summed E-state index contributed by atoms with van der Waals surface area (Å²) in [5.74, 6) is -2.87. The van der Waals surface area contributed by atoms with Gasteiger partial charge in [-0.15, -0.1) is 11.8 Å². The highest BCUT2D eigenvalue weighted by atomic mass is 35.5. The number of sulfone groups is 1. The fourth-order valence-electron chi connectivity index (χ4n) is 14.7. The van der Waals surface area contributed by atoms with E-state index in [0.29, 0.717) is 47.9 Å². The zero-order valence-corrected chi connectivity index (χ0v) is 54.8. The summed E-state index contributed by atoms with van der Waals surface area (Å²) in [7, 11) is -11.0. The molecule has 26 heteroatoms. The van der Waals surface area contributed by atoms with Crippen LogP contribution in [0.25, 0.3) is 5.57 Å². The van der Waals surface area contributed by atoms with Crippen LogP contribution in [0.4, 0.5) is 30.2 Å².